The highest BCUT2D eigenvalue weighted by Gasteiger charge is 2.20. The number of hydrogen-bond acceptors (Lipinski definition) is 2. The van der Waals surface area contributed by atoms with Gasteiger partial charge in [-0.2, -0.15) is 0 Å². The summed E-state index contributed by atoms with van der Waals surface area (Å²) in [4.78, 5) is 7.07. The molecule has 0 radical (unpaired) electrons. The molecule has 1 fully saturated rings. The average Bonchev–Trinajstić information content (AvgIpc) is 2.30. The van der Waals surface area contributed by atoms with Crippen LogP contribution in [0.1, 0.15) is 36.9 Å². The Bertz CT molecular complexity index is 305. The van der Waals surface area contributed by atoms with Crippen LogP contribution < -0.4 is 0 Å². The van der Waals surface area contributed by atoms with Gasteiger partial charge in [0, 0.05) is 24.4 Å². The van der Waals surface area contributed by atoms with E-state index in [2.05, 4.69) is 35.9 Å². The van der Waals surface area contributed by atoms with E-state index in [1.165, 1.54) is 43.7 Å². The van der Waals surface area contributed by atoms with Gasteiger partial charge < -0.3 is 4.90 Å². The van der Waals surface area contributed by atoms with Crippen LogP contribution in [0.25, 0.3) is 0 Å². The number of aryl methyl sites for hydroxylation is 1. The van der Waals surface area contributed by atoms with Crippen molar-refractivity contribution >= 4 is 0 Å². The second-order valence-corrected chi connectivity index (χ2v) is 4.49. The van der Waals surface area contributed by atoms with Gasteiger partial charge in [0.2, 0.25) is 0 Å². The predicted molar refractivity (Wildman–Crippen MR) is 63.1 cm³/mol. The minimum atomic E-state index is 0.652. The zero-order valence-corrected chi connectivity index (χ0v) is 9.74. The van der Waals surface area contributed by atoms with Gasteiger partial charge in [0.25, 0.3) is 0 Å². The zero-order valence-electron chi connectivity index (χ0n) is 9.74. The lowest BCUT2D eigenvalue weighted by atomic mass is 9.94. The summed E-state index contributed by atoms with van der Waals surface area (Å²) in [7, 11) is 0. The van der Waals surface area contributed by atoms with Gasteiger partial charge in [0.1, 0.15) is 0 Å². The predicted octanol–water partition coefficient (Wildman–Crippen LogP) is 2.59. The topological polar surface area (TPSA) is 16.1 Å². The van der Waals surface area contributed by atoms with Crippen LogP contribution in [-0.4, -0.2) is 29.5 Å². The normalized spacial score (nSPS) is 22.9. The number of piperidine rings is 1. The molecule has 2 heterocycles. The molecule has 0 amide bonds. The molecule has 0 spiro atoms. The molecule has 0 saturated carbocycles. The fraction of sp³-hybridized carbons (Fsp3) is 0.615. The van der Waals surface area contributed by atoms with E-state index in [0.29, 0.717) is 5.92 Å². The van der Waals surface area contributed by atoms with Crippen molar-refractivity contribution < 1.29 is 0 Å². The molecule has 1 unspecified atom stereocenters. The van der Waals surface area contributed by atoms with Crippen LogP contribution in [0, 0.1) is 6.92 Å². The molecule has 1 aromatic heterocycles. The molecule has 0 N–H and O–H groups in total. The van der Waals surface area contributed by atoms with E-state index in [1.54, 1.807) is 0 Å². The SMILES string of the molecule is CCN1CCCC(c2ccc(C)cn2)C1. The van der Waals surface area contributed by atoms with Crippen molar-refractivity contribution in [2.24, 2.45) is 0 Å². The number of likely N-dealkylation sites (tertiary alicyclic amines) is 1. The summed E-state index contributed by atoms with van der Waals surface area (Å²) in [5.41, 5.74) is 2.53. The van der Waals surface area contributed by atoms with Gasteiger partial charge in [-0.1, -0.05) is 13.0 Å². The third-order valence-electron chi connectivity index (χ3n) is 3.31. The molecule has 1 aliphatic heterocycles. The second-order valence-electron chi connectivity index (χ2n) is 4.49. The molecule has 2 heteroatoms. The molecule has 15 heavy (non-hydrogen) atoms. The van der Waals surface area contributed by atoms with E-state index < -0.39 is 0 Å². The van der Waals surface area contributed by atoms with Crippen LogP contribution in [0.4, 0.5) is 0 Å². The summed E-state index contributed by atoms with van der Waals surface area (Å²) < 4.78 is 0. The minimum Gasteiger partial charge on any atom is -0.303 e. The van der Waals surface area contributed by atoms with Crippen molar-refractivity contribution in [3.05, 3.63) is 29.6 Å². The van der Waals surface area contributed by atoms with Crippen LogP contribution in [0.3, 0.4) is 0 Å². The lowest BCUT2D eigenvalue weighted by molar-refractivity contribution is 0.216. The fourth-order valence-corrected chi connectivity index (χ4v) is 2.30. The Morgan fingerprint density at radius 3 is 3.00 bits per heavy atom. The number of nitrogens with zero attached hydrogens (tertiary/aromatic N) is 2. The highest BCUT2D eigenvalue weighted by molar-refractivity contribution is 5.16. The van der Waals surface area contributed by atoms with E-state index >= 15 is 0 Å². The highest BCUT2D eigenvalue weighted by atomic mass is 15.1. The van der Waals surface area contributed by atoms with E-state index in [0.717, 1.165) is 0 Å². The number of hydrogen-bond donors (Lipinski definition) is 0. The Kier molecular flexibility index (Phi) is 3.37. The van der Waals surface area contributed by atoms with Crippen LogP contribution in [0.5, 0.6) is 0 Å². The molecule has 0 aliphatic carbocycles. The van der Waals surface area contributed by atoms with Gasteiger partial charge in [-0.05, 0) is 44.5 Å². The van der Waals surface area contributed by atoms with Crippen molar-refractivity contribution in [3.63, 3.8) is 0 Å². The first-order valence-corrected chi connectivity index (χ1v) is 5.94. The number of likely N-dealkylation sites (N-methyl/N-ethyl adjacent to an activating group) is 1. The Morgan fingerprint density at radius 2 is 2.33 bits per heavy atom. The van der Waals surface area contributed by atoms with Crippen molar-refractivity contribution in [1.29, 1.82) is 0 Å². The van der Waals surface area contributed by atoms with Crippen LogP contribution in [-0.2, 0) is 0 Å². The smallest absolute Gasteiger partial charge is 0.0447 e. The first kappa shape index (κ1) is 10.6. The third-order valence-corrected chi connectivity index (χ3v) is 3.31. The molecule has 2 rings (SSSR count). The van der Waals surface area contributed by atoms with E-state index in [4.69, 9.17) is 0 Å². The van der Waals surface area contributed by atoms with Crippen molar-refractivity contribution in [1.82, 2.24) is 9.88 Å². The maximum atomic E-state index is 4.54. The standard InChI is InChI=1S/C13H20N2/c1-3-15-8-4-5-12(10-15)13-7-6-11(2)9-14-13/h6-7,9,12H,3-5,8,10H2,1-2H3. The highest BCUT2D eigenvalue weighted by Crippen LogP contribution is 2.25. The minimum absolute atomic E-state index is 0.652. The van der Waals surface area contributed by atoms with Gasteiger partial charge in [0.15, 0.2) is 0 Å². The second kappa shape index (κ2) is 4.75. The van der Waals surface area contributed by atoms with E-state index in [9.17, 15) is 0 Å². The summed E-state index contributed by atoms with van der Waals surface area (Å²) in [6.45, 7) is 7.95. The van der Waals surface area contributed by atoms with Crippen molar-refractivity contribution in [2.45, 2.75) is 32.6 Å². The summed E-state index contributed by atoms with van der Waals surface area (Å²) in [6, 6.07) is 4.37. The largest absolute Gasteiger partial charge is 0.303 e. The Hall–Kier alpha value is -0.890. The molecular formula is C13H20N2. The summed E-state index contributed by atoms with van der Waals surface area (Å²) in [5.74, 6) is 0.652. The number of pyridine rings is 1. The monoisotopic (exact) mass is 204 g/mol. The summed E-state index contributed by atoms with van der Waals surface area (Å²) >= 11 is 0. The number of aromatic nitrogens is 1. The van der Waals surface area contributed by atoms with Gasteiger partial charge in [0.05, 0.1) is 0 Å². The Balaban J connectivity index is 2.06. The quantitative estimate of drug-likeness (QED) is 0.736. The van der Waals surface area contributed by atoms with Crippen molar-refractivity contribution in [2.75, 3.05) is 19.6 Å². The Morgan fingerprint density at radius 1 is 1.47 bits per heavy atom. The van der Waals surface area contributed by atoms with E-state index in [1.807, 2.05) is 6.20 Å². The fourth-order valence-electron chi connectivity index (χ4n) is 2.30. The molecule has 82 valence electrons. The average molecular weight is 204 g/mol. The lowest BCUT2D eigenvalue weighted by Gasteiger charge is -2.31. The molecule has 0 bridgehead atoms. The van der Waals surface area contributed by atoms with Crippen LogP contribution in [0.2, 0.25) is 0 Å². The first-order chi connectivity index (χ1) is 7.29. The van der Waals surface area contributed by atoms with Gasteiger partial charge in [-0.25, -0.2) is 0 Å². The maximum absolute atomic E-state index is 4.54. The lowest BCUT2D eigenvalue weighted by Crippen LogP contribution is -2.34. The first-order valence-electron chi connectivity index (χ1n) is 5.94. The van der Waals surface area contributed by atoms with Crippen LogP contribution in [0.15, 0.2) is 18.3 Å². The maximum Gasteiger partial charge on any atom is 0.0447 e. The molecule has 0 aromatic carbocycles. The Labute approximate surface area is 92.3 Å². The molecule has 1 aliphatic rings. The van der Waals surface area contributed by atoms with Crippen molar-refractivity contribution in [3.8, 4) is 0 Å². The van der Waals surface area contributed by atoms with Gasteiger partial charge in [-0.15, -0.1) is 0 Å². The van der Waals surface area contributed by atoms with Crippen LogP contribution >= 0.6 is 0 Å². The molecular weight excluding hydrogens is 184 g/mol. The molecule has 2 nitrogen and oxygen atoms in total. The molecule has 1 saturated heterocycles. The number of rotatable bonds is 2. The van der Waals surface area contributed by atoms with Gasteiger partial charge >= 0.3 is 0 Å². The molecule has 1 atom stereocenters. The van der Waals surface area contributed by atoms with E-state index in [-0.39, 0.29) is 0 Å². The third kappa shape index (κ3) is 2.57. The zero-order chi connectivity index (χ0) is 10.7. The van der Waals surface area contributed by atoms with Gasteiger partial charge in [-0.3, -0.25) is 4.98 Å². The molecule has 1 aromatic rings. The summed E-state index contributed by atoms with van der Waals surface area (Å²) in [6.07, 6.45) is 4.60. The summed E-state index contributed by atoms with van der Waals surface area (Å²) in [5, 5.41) is 0.